The second-order valence-electron chi connectivity index (χ2n) is 5.65. The first kappa shape index (κ1) is 16.3. The van der Waals surface area contributed by atoms with Gasteiger partial charge in [-0.3, -0.25) is 4.79 Å². The Balaban J connectivity index is 1.76. The molecule has 5 nitrogen and oxygen atoms in total. The summed E-state index contributed by atoms with van der Waals surface area (Å²) in [5.74, 6) is -0.274. The Bertz CT molecular complexity index is 736. The van der Waals surface area contributed by atoms with Crippen molar-refractivity contribution in [1.82, 2.24) is 15.1 Å². The van der Waals surface area contributed by atoms with Crippen LogP contribution in [0.25, 0.3) is 10.6 Å². The van der Waals surface area contributed by atoms with E-state index in [4.69, 9.17) is 0 Å². The average Bonchev–Trinajstić information content (AvgIpc) is 3.10. The van der Waals surface area contributed by atoms with Crippen molar-refractivity contribution < 1.29 is 9.18 Å². The predicted octanol–water partition coefficient (Wildman–Crippen LogP) is 3.53. The molecule has 1 fully saturated rings. The number of rotatable bonds is 4. The predicted molar refractivity (Wildman–Crippen MR) is 91.9 cm³/mol. The fraction of sp³-hybridized carbons (Fsp3) is 0.400. The summed E-state index contributed by atoms with van der Waals surface area (Å²) >= 11 is 4.57. The first-order chi connectivity index (χ1) is 11.0. The molecular formula is C15H16BrFN4OS. The lowest BCUT2D eigenvalue weighted by Gasteiger charge is -2.20. The molecule has 0 aliphatic carbocycles. The van der Waals surface area contributed by atoms with Crippen LogP contribution < -0.4 is 5.32 Å². The number of carbonyl (C=O) groups excluding carboxylic acids is 1. The van der Waals surface area contributed by atoms with Crippen molar-refractivity contribution in [2.45, 2.75) is 32.4 Å². The number of hydrogen-bond donors (Lipinski definition) is 1. The number of benzene rings is 1. The number of nitrogens with zero attached hydrogens (tertiary/aromatic N) is 3. The smallest absolute Gasteiger partial charge is 0.245 e. The molecule has 1 aromatic heterocycles. The van der Waals surface area contributed by atoms with Gasteiger partial charge in [-0.05, 0) is 38.5 Å². The summed E-state index contributed by atoms with van der Waals surface area (Å²) < 4.78 is 14.7. The fourth-order valence-corrected chi connectivity index (χ4v) is 3.72. The Hall–Kier alpha value is -1.54. The second kappa shape index (κ2) is 6.52. The van der Waals surface area contributed by atoms with E-state index in [9.17, 15) is 9.18 Å². The highest BCUT2D eigenvalue weighted by molar-refractivity contribution is 9.10. The zero-order valence-electron chi connectivity index (χ0n) is 12.7. The summed E-state index contributed by atoms with van der Waals surface area (Å²) in [6.45, 7) is 4.73. The van der Waals surface area contributed by atoms with Gasteiger partial charge in [-0.15, -0.1) is 10.2 Å². The summed E-state index contributed by atoms with van der Waals surface area (Å²) in [4.78, 5) is 14.1. The van der Waals surface area contributed by atoms with Gasteiger partial charge in [0.1, 0.15) is 11.9 Å². The Morgan fingerprint density at radius 2 is 2.22 bits per heavy atom. The van der Waals surface area contributed by atoms with Crippen LogP contribution in [0, 0.1) is 5.82 Å². The van der Waals surface area contributed by atoms with Crippen molar-refractivity contribution >= 4 is 38.3 Å². The number of nitrogens with one attached hydrogen (secondary N) is 1. The molecule has 1 aromatic carbocycles. The molecule has 1 aliphatic rings. The molecule has 0 bridgehead atoms. The van der Waals surface area contributed by atoms with E-state index >= 15 is 0 Å². The summed E-state index contributed by atoms with van der Waals surface area (Å²) in [6.07, 6.45) is 0.733. The van der Waals surface area contributed by atoms with E-state index in [1.54, 1.807) is 12.1 Å². The Kier molecular flexibility index (Phi) is 4.63. The average molecular weight is 399 g/mol. The molecule has 1 saturated heterocycles. The van der Waals surface area contributed by atoms with Gasteiger partial charge in [0.2, 0.25) is 11.0 Å². The number of likely N-dealkylation sites (tertiary alicyclic amines) is 1. The first-order valence-corrected chi connectivity index (χ1v) is 8.92. The van der Waals surface area contributed by atoms with Gasteiger partial charge >= 0.3 is 0 Å². The van der Waals surface area contributed by atoms with Crippen LogP contribution in [0.15, 0.2) is 22.7 Å². The SMILES string of the molecule is CC(C)N1CCC(Nc2nnc(-c3cc(Br)ccc3F)s2)C1=O. The lowest BCUT2D eigenvalue weighted by Crippen LogP contribution is -2.37. The Morgan fingerprint density at radius 3 is 2.91 bits per heavy atom. The van der Waals surface area contributed by atoms with E-state index in [1.165, 1.54) is 17.4 Å². The molecule has 3 rings (SSSR count). The van der Waals surface area contributed by atoms with E-state index < -0.39 is 0 Å². The van der Waals surface area contributed by atoms with E-state index in [2.05, 4.69) is 31.4 Å². The van der Waals surface area contributed by atoms with Crippen LogP contribution in [0.5, 0.6) is 0 Å². The summed E-state index contributed by atoms with van der Waals surface area (Å²) in [6, 6.07) is 4.59. The van der Waals surface area contributed by atoms with Gasteiger partial charge < -0.3 is 10.2 Å². The minimum absolute atomic E-state index is 0.0744. The quantitative estimate of drug-likeness (QED) is 0.855. The van der Waals surface area contributed by atoms with Crippen LogP contribution in [0.1, 0.15) is 20.3 Å². The maximum atomic E-state index is 13.9. The molecule has 122 valence electrons. The molecule has 1 N–H and O–H groups in total. The number of carbonyl (C=O) groups is 1. The summed E-state index contributed by atoms with van der Waals surface area (Å²) in [5.41, 5.74) is 0.395. The number of amides is 1. The minimum Gasteiger partial charge on any atom is -0.348 e. The fourth-order valence-electron chi connectivity index (χ4n) is 2.55. The number of anilines is 1. The van der Waals surface area contributed by atoms with E-state index in [1.807, 2.05) is 18.7 Å². The van der Waals surface area contributed by atoms with Crippen molar-refractivity contribution in [3.8, 4) is 10.6 Å². The highest BCUT2D eigenvalue weighted by Gasteiger charge is 2.33. The van der Waals surface area contributed by atoms with Crippen LogP contribution in [-0.4, -0.2) is 39.6 Å². The monoisotopic (exact) mass is 398 g/mol. The zero-order chi connectivity index (χ0) is 16.6. The molecule has 1 unspecified atom stereocenters. The Morgan fingerprint density at radius 1 is 1.43 bits per heavy atom. The normalized spacial score (nSPS) is 18.0. The van der Waals surface area contributed by atoms with Crippen LogP contribution in [0.2, 0.25) is 0 Å². The van der Waals surface area contributed by atoms with Crippen LogP contribution in [-0.2, 0) is 4.79 Å². The number of hydrogen-bond acceptors (Lipinski definition) is 5. The molecule has 1 aliphatic heterocycles. The molecule has 2 heterocycles. The lowest BCUT2D eigenvalue weighted by molar-refractivity contribution is -0.129. The molecule has 0 radical (unpaired) electrons. The van der Waals surface area contributed by atoms with Crippen molar-refractivity contribution in [3.05, 3.63) is 28.5 Å². The third-order valence-corrected chi connectivity index (χ3v) is 5.13. The Labute approximate surface area is 146 Å². The largest absolute Gasteiger partial charge is 0.348 e. The maximum absolute atomic E-state index is 13.9. The molecule has 1 amide bonds. The molecule has 0 spiro atoms. The van der Waals surface area contributed by atoms with Gasteiger partial charge in [0.05, 0.1) is 0 Å². The van der Waals surface area contributed by atoms with E-state index in [0.717, 1.165) is 17.4 Å². The van der Waals surface area contributed by atoms with Crippen molar-refractivity contribution in [3.63, 3.8) is 0 Å². The van der Waals surface area contributed by atoms with Gasteiger partial charge in [-0.25, -0.2) is 4.39 Å². The van der Waals surface area contributed by atoms with Crippen LogP contribution >= 0.6 is 27.3 Å². The molecule has 1 atom stereocenters. The van der Waals surface area contributed by atoms with Crippen molar-refractivity contribution in [2.24, 2.45) is 0 Å². The number of aromatic nitrogens is 2. The standard InChI is InChI=1S/C15H16BrFN4OS/c1-8(2)21-6-5-12(14(21)22)18-15-20-19-13(23-15)10-7-9(16)3-4-11(10)17/h3-4,7-8,12H,5-6H2,1-2H3,(H,18,20). The van der Waals surface area contributed by atoms with Gasteiger partial charge in [0.25, 0.3) is 0 Å². The lowest BCUT2D eigenvalue weighted by atomic mass is 10.2. The van der Waals surface area contributed by atoms with E-state index in [0.29, 0.717) is 15.7 Å². The zero-order valence-corrected chi connectivity index (χ0v) is 15.1. The minimum atomic E-state index is -0.348. The van der Waals surface area contributed by atoms with Gasteiger partial charge in [0, 0.05) is 22.6 Å². The first-order valence-electron chi connectivity index (χ1n) is 7.31. The third-order valence-electron chi connectivity index (χ3n) is 3.74. The maximum Gasteiger partial charge on any atom is 0.245 e. The topological polar surface area (TPSA) is 58.1 Å². The highest BCUT2D eigenvalue weighted by atomic mass is 79.9. The van der Waals surface area contributed by atoms with Crippen LogP contribution in [0.3, 0.4) is 0 Å². The van der Waals surface area contributed by atoms with Crippen molar-refractivity contribution in [1.29, 1.82) is 0 Å². The summed E-state index contributed by atoms with van der Waals surface area (Å²) in [7, 11) is 0. The van der Waals surface area contributed by atoms with Gasteiger partial charge in [0.15, 0.2) is 5.01 Å². The summed E-state index contributed by atoms with van der Waals surface area (Å²) in [5, 5.41) is 12.2. The van der Waals surface area contributed by atoms with Gasteiger partial charge in [-0.2, -0.15) is 0 Å². The van der Waals surface area contributed by atoms with Crippen molar-refractivity contribution in [2.75, 3.05) is 11.9 Å². The molecule has 8 heteroatoms. The molecule has 23 heavy (non-hydrogen) atoms. The second-order valence-corrected chi connectivity index (χ2v) is 7.54. The third kappa shape index (κ3) is 3.37. The molecular weight excluding hydrogens is 383 g/mol. The van der Waals surface area contributed by atoms with Crippen LogP contribution in [0.4, 0.5) is 9.52 Å². The molecule has 2 aromatic rings. The van der Waals surface area contributed by atoms with Gasteiger partial charge in [-0.1, -0.05) is 27.3 Å². The highest BCUT2D eigenvalue weighted by Crippen LogP contribution is 2.31. The molecule has 0 saturated carbocycles. The number of halogens is 2. The van der Waals surface area contributed by atoms with E-state index in [-0.39, 0.29) is 23.8 Å².